The quantitative estimate of drug-likeness (QED) is 0.944. The van der Waals surface area contributed by atoms with Crippen LogP contribution < -0.4 is 4.72 Å². The third-order valence-corrected chi connectivity index (χ3v) is 4.53. The SMILES string of the molecule is CCc1ccc(S(=O)(=O)Nc2ccnn2C(C)(C)C)cc1. The van der Waals surface area contributed by atoms with Crippen molar-refractivity contribution in [3.63, 3.8) is 0 Å². The molecule has 1 N–H and O–H groups in total. The summed E-state index contributed by atoms with van der Waals surface area (Å²) in [5, 5.41) is 4.18. The Morgan fingerprint density at radius 2 is 1.76 bits per heavy atom. The van der Waals surface area contributed by atoms with E-state index in [1.54, 1.807) is 29.1 Å². The summed E-state index contributed by atoms with van der Waals surface area (Å²) >= 11 is 0. The minimum Gasteiger partial charge on any atom is -0.264 e. The molecule has 2 rings (SSSR count). The van der Waals surface area contributed by atoms with Crippen molar-refractivity contribution < 1.29 is 8.42 Å². The molecule has 0 spiro atoms. The number of hydrogen-bond donors (Lipinski definition) is 1. The van der Waals surface area contributed by atoms with Crippen molar-refractivity contribution >= 4 is 15.8 Å². The number of anilines is 1. The van der Waals surface area contributed by atoms with Gasteiger partial charge in [-0.1, -0.05) is 19.1 Å². The van der Waals surface area contributed by atoms with Crippen LogP contribution in [-0.4, -0.2) is 18.2 Å². The summed E-state index contributed by atoms with van der Waals surface area (Å²) in [5.41, 5.74) is 0.807. The van der Waals surface area contributed by atoms with Gasteiger partial charge >= 0.3 is 0 Å². The second-order valence-electron chi connectivity index (χ2n) is 5.90. The fraction of sp³-hybridized carbons (Fsp3) is 0.400. The largest absolute Gasteiger partial charge is 0.264 e. The van der Waals surface area contributed by atoms with Crippen LogP contribution in [0, 0.1) is 0 Å². The average Bonchev–Trinajstić information content (AvgIpc) is 2.86. The van der Waals surface area contributed by atoms with Gasteiger partial charge in [-0.3, -0.25) is 4.72 Å². The van der Waals surface area contributed by atoms with Gasteiger partial charge in [0, 0.05) is 6.07 Å². The first-order valence-electron chi connectivity index (χ1n) is 6.90. The molecule has 1 heterocycles. The van der Waals surface area contributed by atoms with E-state index in [-0.39, 0.29) is 10.4 Å². The normalized spacial score (nSPS) is 12.4. The lowest BCUT2D eigenvalue weighted by molar-refractivity contribution is 0.361. The van der Waals surface area contributed by atoms with Crippen molar-refractivity contribution in [2.45, 2.75) is 44.6 Å². The second-order valence-corrected chi connectivity index (χ2v) is 7.58. The predicted molar refractivity (Wildman–Crippen MR) is 83.9 cm³/mol. The summed E-state index contributed by atoms with van der Waals surface area (Å²) in [4.78, 5) is 0.251. The van der Waals surface area contributed by atoms with E-state index >= 15 is 0 Å². The molecule has 0 amide bonds. The Morgan fingerprint density at radius 1 is 1.14 bits per heavy atom. The molecular weight excluding hydrogens is 286 g/mol. The summed E-state index contributed by atoms with van der Waals surface area (Å²) < 4.78 is 29.1. The fourth-order valence-electron chi connectivity index (χ4n) is 2.02. The van der Waals surface area contributed by atoms with Crippen molar-refractivity contribution in [2.24, 2.45) is 0 Å². The van der Waals surface area contributed by atoms with Gasteiger partial charge in [-0.15, -0.1) is 0 Å². The van der Waals surface area contributed by atoms with Crippen LogP contribution in [0.3, 0.4) is 0 Å². The van der Waals surface area contributed by atoms with E-state index in [1.165, 1.54) is 0 Å². The molecule has 0 radical (unpaired) electrons. The van der Waals surface area contributed by atoms with Crippen LogP contribution >= 0.6 is 0 Å². The first-order valence-corrected chi connectivity index (χ1v) is 8.38. The van der Waals surface area contributed by atoms with Gasteiger partial charge < -0.3 is 0 Å². The molecule has 6 heteroatoms. The highest BCUT2D eigenvalue weighted by molar-refractivity contribution is 7.92. The zero-order valence-corrected chi connectivity index (χ0v) is 13.6. The molecular formula is C15H21N3O2S. The molecule has 0 fully saturated rings. The molecule has 1 aromatic carbocycles. The van der Waals surface area contributed by atoms with Crippen LogP contribution in [-0.2, 0) is 22.0 Å². The van der Waals surface area contributed by atoms with Gasteiger partial charge in [0.25, 0.3) is 10.0 Å². The maximum Gasteiger partial charge on any atom is 0.263 e. The molecule has 5 nitrogen and oxygen atoms in total. The van der Waals surface area contributed by atoms with E-state index in [2.05, 4.69) is 9.82 Å². The van der Waals surface area contributed by atoms with Gasteiger partial charge in [-0.2, -0.15) is 5.10 Å². The first-order chi connectivity index (χ1) is 9.74. The molecule has 2 aromatic rings. The number of hydrogen-bond acceptors (Lipinski definition) is 3. The molecule has 0 aliphatic carbocycles. The Labute approximate surface area is 126 Å². The summed E-state index contributed by atoms with van der Waals surface area (Å²) in [6.07, 6.45) is 2.47. The van der Waals surface area contributed by atoms with E-state index in [0.29, 0.717) is 5.82 Å². The van der Waals surface area contributed by atoms with E-state index < -0.39 is 10.0 Å². The van der Waals surface area contributed by atoms with Crippen LogP contribution in [0.25, 0.3) is 0 Å². The van der Waals surface area contributed by atoms with E-state index in [0.717, 1.165) is 12.0 Å². The molecule has 0 saturated heterocycles. The standard InChI is InChI=1S/C15H21N3O2S/c1-5-12-6-8-13(9-7-12)21(19,20)17-14-10-11-16-18(14)15(2,3)4/h6-11,17H,5H2,1-4H3. The molecule has 0 aliphatic heterocycles. The van der Waals surface area contributed by atoms with Crippen molar-refractivity contribution in [1.82, 2.24) is 9.78 Å². The van der Waals surface area contributed by atoms with Gasteiger partial charge in [0.2, 0.25) is 0 Å². The summed E-state index contributed by atoms with van der Waals surface area (Å²) in [6.45, 7) is 7.93. The lowest BCUT2D eigenvalue weighted by Crippen LogP contribution is -2.26. The third kappa shape index (κ3) is 3.44. The van der Waals surface area contributed by atoms with Crippen LogP contribution in [0.5, 0.6) is 0 Å². The van der Waals surface area contributed by atoms with Crippen LogP contribution in [0.2, 0.25) is 0 Å². The van der Waals surface area contributed by atoms with Gasteiger partial charge in [-0.25, -0.2) is 13.1 Å². The molecule has 114 valence electrons. The van der Waals surface area contributed by atoms with Gasteiger partial charge in [0.05, 0.1) is 16.6 Å². The average molecular weight is 307 g/mol. The van der Waals surface area contributed by atoms with Crippen LogP contribution in [0.15, 0.2) is 41.4 Å². The van der Waals surface area contributed by atoms with Crippen molar-refractivity contribution in [3.05, 3.63) is 42.1 Å². The second kappa shape index (κ2) is 5.52. The van der Waals surface area contributed by atoms with Crippen LogP contribution in [0.4, 0.5) is 5.82 Å². The smallest absolute Gasteiger partial charge is 0.263 e. The maximum absolute atomic E-state index is 12.4. The Balaban J connectivity index is 2.31. The lowest BCUT2D eigenvalue weighted by Gasteiger charge is -2.22. The summed E-state index contributed by atoms with van der Waals surface area (Å²) in [5.74, 6) is 0.460. The number of nitrogens with one attached hydrogen (secondary N) is 1. The van der Waals surface area contributed by atoms with E-state index in [1.807, 2.05) is 39.8 Å². The van der Waals surface area contributed by atoms with Gasteiger partial charge in [0.1, 0.15) is 5.82 Å². The number of aromatic nitrogens is 2. The summed E-state index contributed by atoms with van der Waals surface area (Å²) in [6, 6.07) is 8.56. The number of benzene rings is 1. The van der Waals surface area contributed by atoms with Gasteiger partial charge in [0.15, 0.2) is 0 Å². The molecule has 21 heavy (non-hydrogen) atoms. The fourth-order valence-corrected chi connectivity index (χ4v) is 3.06. The monoisotopic (exact) mass is 307 g/mol. The topological polar surface area (TPSA) is 64.0 Å². The maximum atomic E-state index is 12.4. The highest BCUT2D eigenvalue weighted by Gasteiger charge is 2.21. The third-order valence-electron chi connectivity index (χ3n) is 3.16. The molecule has 0 unspecified atom stereocenters. The predicted octanol–water partition coefficient (Wildman–Crippen LogP) is 3.00. The molecule has 0 bridgehead atoms. The molecule has 0 saturated carbocycles. The number of rotatable bonds is 4. The zero-order chi connectivity index (χ0) is 15.7. The Bertz CT molecular complexity index is 710. The first kappa shape index (κ1) is 15.6. The minimum absolute atomic E-state index is 0.251. The van der Waals surface area contributed by atoms with Crippen molar-refractivity contribution in [3.8, 4) is 0 Å². The highest BCUT2D eigenvalue weighted by Crippen LogP contribution is 2.22. The minimum atomic E-state index is -3.60. The Kier molecular flexibility index (Phi) is 4.09. The van der Waals surface area contributed by atoms with Crippen molar-refractivity contribution in [1.29, 1.82) is 0 Å². The lowest BCUT2D eigenvalue weighted by atomic mass is 10.1. The highest BCUT2D eigenvalue weighted by atomic mass is 32.2. The van der Waals surface area contributed by atoms with E-state index in [9.17, 15) is 8.42 Å². The molecule has 0 atom stereocenters. The number of aryl methyl sites for hydroxylation is 1. The van der Waals surface area contributed by atoms with Crippen LogP contribution in [0.1, 0.15) is 33.3 Å². The zero-order valence-electron chi connectivity index (χ0n) is 12.8. The summed E-state index contributed by atoms with van der Waals surface area (Å²) in [7, 11) is -3.60. The Hall–Kier alpha value is -1.82. The molecule has 0 aliphatic rings. The van der Waals surface area contributed by atoms with E-state index in [4.69, 9.17) is 0 Å². The van der Waals surface area contributed by atoms with Gasteiger partial charge in [-0.05, 0) is 44.9 Å². The number of nitrogens with zero attached hydrogens (tertiary/aromatic N) is 2. The molecule has 1 aromatic heterocycles. The Morgan fingerprint density at radius 3 is 2.29 bits per heavy atom. The van der Waals surface area contributed by atoms with Crippen molar-refractivity contribution in [2.75, 3.05) is 4.72 Å². The number of sulfonamides is 1.